The van der Waals surface area contributed by atoms with E-state index in [1.165, 1.54) is 6.20 Å². The molecule has 0 saturated heterocycles. The highest BCUT2D eigenvalue weighted by Crippen LogP contribution is 2.10. The van der Waals surface area contributed by atoms with Crippen molar-refractivity contribution in [3.8, 4) is 5.69 Å². The first-order valence-electron chi connectivity index (χ1n) is 5.49. The van der Waals surface area contributed by atoms with Crippen molar-refractivity contribution >= 4 is 5.97 Å². The fourth-order valence-corrected chi connectivity index (χ4v) is 1.55. The van der Waals surface area contributed by atoms with Crippen molar-refractivity contribution in [2.75, 3.05) is 6.61 Å². The van der Waals surface area contributed by atoms with Crippen LogP contribution in [0.4, 0.5) is 0 Å². The van der Waals surface area contributed by atoms with Gasteiger partial charge >= 0.3 is 5.97 Å². The molecule has 1 heterocycles. The molecule has 0 aliphatic heterocycles. The molecule has 0 radical (unpaired) electrons. The van der Waals surface area contributed by atoms with Gasteiger partial charge in [-0.2, -0.15) is 5.10 Å². The largest absolute Gasteiger partial charge is 0.462 e. The number of carbonyl (C=O) groups excluding carboxylic acids is 1. The Hall–Kier alpha value is -2.10. The van der Waals surface area contributed by atoms with Crippen molar-refractivity contribution in [1.82, 2.24) is 9.78 Å². The minimum atomic E-state index is -0.341. The number of aromatic nitrogens is 2. The van der Waals surface area contributed by atoms with Crippen LogP contribution in [0.1, 0.15) is 22.8 Å². The molecule has 0 bridgehead atoms. The van der Waals surface area contributed by atoms with Crippen LogP contribution in [0.15, 0.2) is 36.7 Å². The highest BCUT2D eigenvalue weighted by Gasteiger charge is 2.09. The molecule has 17 heavy (non-hydrogen) atoms. The topological polar surface area (TPSA) is 44.1 Å². The number of benzene rings is 1. The van der Waals surface area contributed by atoms with Crippen molar-refractivity contribution in [2.24, 2.45) is 0 Å². The highest BCUT2D eigenvalue weighted by atomic mass is 16.5. The second-order valence-corrected chi connectivity index (χ2v) is 3.73. The lowest BCUT2D eigenvalue weighted by atomic mass is 10.2. The molecule has 2 rings (SSSR count). The molecule has 0 spiro atoms. The van der Waals surface area contributed by atoms with Gasteiger partial charge in [-0.15, -0.1) is 0 Å². The second kappa shape index (κ2) is 4.82. The van der Waals surface area contributed by atoms with Gasteiger partial charge in [0.05, 0.1) is 24.1 Å². The highest BCUT2D eigenvalue weighted by molar-refractivity contribution is 5.88. The van der Waals surface area contributed by atoms with Crippen molar-refractivity contribution < 1.29 is 9.53 Å². The first-order chi connectivity index (χ1) is 8.20. The molecule has 0 N–H and O–H groups in total. The van der Waals surface area contributed by atoms with Crippen molar-refractivity contribution in [3.05, 3.63) is 47.8 Å². The molecule has 0 fully saturated rings. The zero-order valence-electron chi connectivity index (χ0n) is 9.88. The summed E-state index contributed by atoms with van der Waals surface area (Å²) in [6.07, 6.45) is 3.19. The van der Waals surface area contributed by atoms with E-state index >= 15 is 0 Å². The van der Waals surface area contributed by atoms with E-state index in [9.17, 15) is 4.79 Å². The number of esters is 1. The Morgan fingerprint density at radius 2 is 2.29 bits per heavy atom. The third kappa shape index (κ3) is 2.53. The SMILES string of the molecule is CCOC(=O)c1cnn(-c2cccc(C)c2)c1. The van der Waals surface area contributed by atoms with Crippen molar-refractivity contribution in [1.29, 1.82) is 0 Å². The monoisotopic (exact) mass is 230 g/mol. The van der Waals surface area contributed by atoms with E-state index in [2.05, 4.69) is 5.10 Å². The lowest BCUT2D eigenvalue weighted by Gasteiger charge is -2.01. The molecule has 88 valence electrons. The summed E-state index contributed by atoms with van der Waals surface area (Å²) in [7, 11) is 0. The Balaban J connectivity index is 2.27. The van der Waals surface area contributed by atoms with Crippen LogP contribution in [-0.2, 0) is 4.74 Å². The molecule has 0 saturated carbocycles. The maximum atomic E-state index is 11.5. The van der Waals surface area contributed by atoms with E-state index in [0.29, 0.717) is 12.2 Å². The second-order valence-electron chi connectivity index (χ2n) is 3.73. The third-order valence-corrected chi connectivity index (χ3v) is 2.36. The Morgan fingerprint density at radius 3 is 3.00 bits per heavy atom. The first-order valence-corrected chi connectivity index (χ1v) is 5.49. The predicted octanol–water partition coefficient (Wildman–Crippen LogP) is 2.36. The quantitative estimate of drug-likeness (QED) is 0.760. The van der Waals surface area contributed by atoms with E-state index in [-0.39, 0.29) is 5.97 Å². The maximum Gasteiger partial charge on any atom is 0.341 e. The van der Waals surface area contributed by atoms with Gasteiger partial charge < -0.3 is 4.74 Å². The summed E-state index contributed by atoms with van der Waals surface area (Å²) >= 11 is 0. The number of aryl methyl sites for hydroxylation is 1. The van der Waals surface area contributed by atoms with E-state index in [0.717, 1.165) is 11.3 Å². The zero-order chi connectivity index (χ0) is 12.3. The van der Waals surface area contributed by atoms with E-state index in [1.54, 1.807) is 17.8 Å². The normalized spacial score (nSPS) is 10.2. The minimum Gasteiger partial charge on any atom is -0.462 e. The van der Waals surface area contributed by atoms with Crippen LogP contribution in [0.5, 0.6) is 0 Å². The van der Waals surface area contributed by atoms with Gasteiger partial charge in [-0.1, -0.05) is 12.1 Å². The molecule has 0 atom stereocenters. The van der Waals surface area contributed by atoms with Gasteiger partial charge in [0.1, 0.15) is 0 Å². The number of nitrogens with zero attached hydrogens (tertiary/aromatic N) is 2. The average molecular weight is 230 g/mol. The Labute approximate surface area is 99.8 Å². The van der Waals surface area contributed by atoms with Crippen LogP contribution < -0.4 is 0 Å². The molecule has 0 unspecified atom stereocenters. The van der Waals surface area contributed by atoms with Crippen molar-refractivity contribution in [2.45, 2.75) is 13.8 Å². The molecule has 1 aromatic carbocycles. The van der Waals surface area contributed by atoms with E-state index in [1.807, 2.05) is 31.2 Å². The van der Waals surface area contributed by atoms with Gasteiger partial charge in [-0.3, -0.25) is 0 Å². The predicted molar refractivity (Wildman–Crippen MR) is 64.3 cm³/mol. The molecule has 4 heteroatoms. The fraction of sp³-hybridized carbons (Fsp3) is 0.231. The summed E-state index contributed by atoms with van der Waals surface area (Å²) in [4.78, 5) is 11.5. The Kier molecular flexibility index (Phi) is 3.23. The molecule has 0 aliphatic carbocycles. The summed E-state index contributed by atoms with van der Waals surface area (Å²) in [6.45, 7) is 4.16. The molecule has 0 aliphatic rings. The molecule has 0 amide bonds. The smallest absolute Gasteiger partial charge is 0.341 e. The maximum absolute atomic E-state index is 11.5. The third-order valence-electron chi connectivity index (χ3n) is 2.36. The van der Waals surface area contributed by atoms with Crippen LogP contribution in [0.3, 0.4) is 0 Å². The lowest BCUT2D eigenvalue weighted by Crippen LogP contribution is -2.03. The number of hydrogen-bond acceptors (Lipinski definition) is 3. The van der Waals surface area contributed by atoms with Gasteiger partial charge in [-0.05, 0) is 31.5 Å². The first kappa shape index (κ1) is 11.4. The molecule has 4 nitrogen and oxygen atoms in total. The molecular weight excluding hydrogens is 216 g/mol. The van der Waals surface area contributed by atoms with Gasteiger partial charge in [0.15, 0.2) is 0 Å². The van der Waals surface area contributed by atoms with E-state index < -0.39 is 0 Å². The summed E-state index contributed by atoms with van der Waals surface area (Å²) in [5, 5.41) is 4.15. The number of hydrogen-bond donors (Lipinski definition) is 0. The van der Waals surface area contributed by atoms with Crippen LogP contribution in [0.25, 0.3) is 5.69 Å². The lowest BCUT2D eigenvalue weighted by molar-refractivity contribution is 0.0526. The Bertz CT molecular complexity index is 532. The van der Waals surface area contributed by atoms with Gasteiger partial charge in [0.25, 0.3) is 0 Å². The molecular formula is C13H14N2O2. The number of rotatable bonds is 3. The Morgan fingerprint density at radius 1 is 1.47 bits per heavy atom. The van der Waals surface area contributed by atoms with Gasteiger partial charge in [0, 0.05) is 6.20 Å². The van der Waals surface area contributed by atoms with Crippen LogP contribution in [0, 0.1) is 6.92 Å². The van der Waals surface area contributed by atoms with Crippen LogP contribution in [-0.4, -0.2) is 22.4 Å². The van der Waals surface area contributed by atoms with Crippen molar-refractivity contribution in [3.63, 3.8) is 0 Å². The van der Waals surface area contributed by atoms with Gasteiger partial charge in [-0.25, -0.2) is 9.48 Å². The van der Waals surface area contributed by atoms with E-state index in [4.69, 9.17) is 4.74 Å². The minimum absolute atomic E-state index is 0.341. The van der Waals surface area contributed by atoms with Crippen LogP contribution >= 0.6 is 0 Å². The number of ether oxygens (including phenoxy) is 1. The fourth-order valence-electron chi connectivity index (χ4n) is 1.55. The van der Waals surface area contributed by atoms with Crippen LogP contribution in [0.2, 0.25) is 0 Å². The summed E-state index contributed by atoms with van der Waals surface area (Å²) < 4.78 is 6.57. The standard InChI is InChI=1S/C13H14N2O2/c1-3-17-13(16)11-8-14-15(9-11)12-6-4-5-10(2)7-12/h4-9H,3H2,1-2H3. The molecule has 2 aromatic rings. The average Bonchev–Trinajstić information content (AvgIpc) is 2.78. The van der Waals surface area contributed by atoms with Gasteiger partial charge in [0.2, 0.25) is 0 Å². The summed E-state index contributed by atoms with van der Waals surface area (Å²) in [5.41, 5.74) is 2.55. The summed E-state index contributed by atoms with van der Waals surface area (Å²) in [5.74, 6) is -0.341. The number of carbonyl (C=O) groups is 1. The summed E-state index contributed by atoms with van der Waals surface area (Å²) in [6, 6.07) is 7.91. The molecule has 1 aromatic heterocycles. The zero-order valence-corrected chi connectivity index (χ0v) is 9.88.